The van der Waals surface area contributed by atoms with E-state index in [4.69, 9.17) is 13.8 Å². The average Bonchev–Trinajstić information content (AvgIpc) is 3.22. The molecule has 140 valence electrons. The molecule has 0 spiro atoms. The van der Waals surface area contributed by atoms with Crippen molar-refractivity contribution in [1.29, 1.82) is 0 Å². The minimum absolute atomic E-state index is 0.0816. The summed E-state index contributed by atoms with van der Waals surface area (Å²) in [5, 5.41) is 8.21. The molecular formula is C18H24N4O4. The predicted octanol–water partition coefficient (Wildman–Crippen LogP) is 2.84. The molecule has 2 aliphatic rings. The first-order valence-corrected chi connectivity index (χ1v) is 9.37. The largest absolute Gasteiger partial charge is 0.375 e. The highest BCUT2D eigenvalue weighted by Gasteiger charge is 2.34. The van der Waals surface area contributed by atoms with E-state index in [0.717, 1.165) is 62.7 Å². The molecule has 1 aliphatic carbocycles. The number of nitrogens with zero attached hydrogens (tertiary/aromatic N) is 4. The number of aromatic nitrogens is 3. The Hall–Kier alpha value is -2.22. The second-order valence-corrected chi connectivity index (χ2v) is 6.98. The molecule has 0 bridgehead atoms. The van der Waals surface area contributed by atoms with E-state index in [-0.39, 0.29) is 18.6 Å². The number of methoxy groups -OCH3 is 1. The van der Waals surface area contributed by atoms with Gasteiger partial charge in [-0.2, -0.15) is 4.98 Å². The fourth-order valence-electron chi connectivity index (χ4n) is 3.89. The third-order valence-electron chi connectivity index (χ3n) is 5.22. The summed E-state index contributed by atoms with van der Waals surface area (Å²) in [6.45, 7) is 0.934. The van der Waals surface area contributed by atoms with Crippen LogP contribution in [0.3, 0.4) is 0 Å². The van der Waals surface area contributed by atoms with Crippen LogP contribution in [0.5, 0.6) is 0 Å². The maximum absolute atomic E-state index is 13.3. The Morgan fingerprint density at radius 2 is 2.04 bits per heavy atom. The van der Waals surface area contributed by atoms with Gasteiger partial charge in [0.15, 0.2) is 11.5 Å². The third-order valence-corrected chi connectivity index (χ3v) is 5.22. The van der Waals surface area contributed by atoms with Gasteiger partial charge >= 0.3 is 0 Å². The quantitative estimate of drug-likeness (QED) is 0.827. The molecule has 0 radical (unpaired) electrons. The Morgan fingerprint density at radius 1 is 1.15 bits per heavy atom. The first-order valence-electron chi connectivity index (χ1n) is 9.37. The summed E-state index contributed by atoms with van der Waals surface area (Å²) in [5.41, 5.74) is 1.45. The standard InChI is InChI=1S/C18H24N4O4/c1-24-11-15-19-17(21-26-15)13-8-3-2-6-10-22(13)18(23)16-12-7-4-5-9-14(12)25-20-16/h13H,2-11H2,1H3. The van der Waals surface area contributed by atoms with Gasteiger partial charge in [-0.25, -0.2) is 0 Å². The third kappa shape index (κ3) is 3.25. The zero-order valence-corrected chi connectivity index (χ0v) is 15.1. The summed E-state index contributed by atoms with van der Waals surface area (Å²) in [6.07, 6.45) is 7.78. The molecule has 1 saturated heterocycles. The SMILES string of the molecule is COCc1nc(C2CCCCCN2C(=O)c2noc3c2CCCC3)no1. The lowest BCUT2D eigenvalue weighted by Gasteiger charge is -2.27. The maximum atomic E-state index is 13.3. The van der Waals surface area contributed by atoms with Gasteiger partial charge in [-0.3, -0.25) is 4.79 Å². The van der Waals surface area contributed by atoms with Gasteiger partial charge in [-0.05, 0) is 32.1 Å². The monoisotopic (exact) mass is 360 g/mol. The summed E-state index contributed by atoms with van der Waals surface area (Å²) >= 11 is 0. The number of carbonyl (C=O) groups excluding carboxylic acids is 1. The van der Waals surface area contributed by atoms with E-state index in [0.29, 0.717) is 24.0 Å². The number of likely N-dealkylation sites (tertiary alicyclic amines) is 1. The minimum Gasteiger partial charge on any atom is -0.375 e. The number of amides is 1. The van der Waals surface area contributed by atoms with Crippen LogP contribution in [0.2, 0.25) is 0 Å². The van der Waals surface area contributed by atoms with Crippen molar-refractivity contribution in [3.8, 4) is 0 Å². The van der Waals surface area contributed by atoms with E-state index >= 15 is 0 Å². The lowest BCUT2D eigenvalue weighted by atomic mass is 9.96. The summed E-state index contributed by atoms with van der Waals surface area (Å²) in [7, 11) is 1.58. The molecule has 2 aromatic heterocycles. The predicted molar refractivity (Wildman–Crippen MR) is 90.4 cm³/mol. The van der Waals surface area contributed by atoms with Gasteiger partial charge in [0.05, 0.1) is 6.04 Å². The molecule has 8 heteroatoms. The molecule has 0 saturated carbocycles. The molecule has 1 amide bonds. The van der Waals surface area contributed by atoms with Gasteiger partial charge in [-0.1, -0.05) is 23.2 Å². The molecule has 1 atom stereocenters. The van der Waals surface area contributed by atoms with Crippen molar-refractivity contribution in [3.05, 3.63) is 28.7 Å². The van der Waals surface area contributed by atoms with E-state index < -0.39 is 0 Å². The maximum Gasteiger partial charge on any atom is 0.276 e. The second-order valence-electron chi connectivity index (χ2n) is 6.98. The summed E-state index contributed by atoms with van der Waals surface area (Å²) in [5.74, 6) is 1.76. The highest BCUT2D eigenvalue weighted by Crippen LogP contribution is 2.32. The van der Waals surface area contributed by atoms with Crippen molar-refractivity contribution < 1.29 is 18.6 Å². The number of rotatable bonds is 4. The Labute approximate surface area is 151 Å². The van der Waals surface area contributed by atoms with Crippen LogP contribution in [-0.2, 0) is 24.2 Å². The van der Waals surface area contributed by atoms with E-state index in [1.54, 1.807) is 7.11 Å². The molecule has 1 aliphatic heterocycles. The molecular weight excluding hydrogens is 336 g/mol. The number of ether oxygens (including phenoxy) is 1. The fraction of sp³-hybridized carbons (Fsp3) is 0.667. The van der Waals surface area contributed by atoms with Crippen LogP contribution in [-0.4, -0.2) is 39.8 Å². The van der Waals surface area contributed by atoms with Crippen molar-refractivity contribution in [2.24, 2.45) is 0 Å². The second kappa shape index (κ2) is 7.57. The molecule has 1 unspecified atom stereocenters. The van der Waals surface area contributed by atoms with Gasteiger partial charge < -0.3 is 18.7 Å². The number of carbonyl (C=O) groups is 1. The van der Waals surface area contributed by atoms with Crippen molar-refractivity contribution in [1.82, 2.24) is 20.2 Å². The average molecular weight is 360 g/mol. The van der Waals surface area contributed by atoms with Gasteiger partial charge in [-0.15, -0.1) is 0 Å². The first-order chi connectivity index (χ1) is 12.8. The van der Waals surface area contributed by atoms with E-state index in [1.807, 2.05) is 4.90 Å². The normalized spacial score (nSPS) is 20.7. The molecule has 26 heavy (non-hydrogen) atoms. The van der Waals surface area contributed by atoms with Crippen LogP contribution >= 0.6 is 0 Å². The lowest BCUT2D eigenvalue weighted by Crippen LogP contribution is -2.36. The van der Waals surface area contributed by atoms with Crippen molar-refractivity contribution in [3.63, 3.8) is 0 Å². The summed E-state index contributed by atoms with van der Waals surface area (Å²) in [6, 6.07) is -0.199. The number of hydrogen-bond acceptors (Lipinski definition) is 7. The Bertz CT molecular complexity index is 769. The summed E-state index contributed by atoms with van der Waals surface area (Å²) < 4.78 is 15.7. The number of aryl methyl sites for hydroxylation is 1. The Balaban J connectivity index is 1.62. The van der Waals surface area contributed by atoms with Crippen molar-refractivity contribution in [2.75, 3.05) is 13.7 Å². The first kappa shape index (κ1) is 17.2. The number of hydrogen-bond donors (Lipinski definition) is 0. The molecule has 8 nitrogen and oxygen atoms in total. The van der Waals surface area contributed by atoms with Crippen molar-refractivity contribution >= 4 is 5.91 Å². The van der Waals surface area contributed by atoms with E-state index in [1.165, 1.54) is 0 Å². The fourth-order valence-corrected chi connectivity index (χ4v) is 3.89. The number of fused-ring (bicyclic) bond motifs is 1. The molecule has 3 heterocycles. The van der Waals surface area contributed by atoms with Crippen LogP contribution in [0, 0.1) is 0 Å². The highest BCUT2D eigenvalue weighted by molar-refractivity contribution is 5.94. The van der Waals surface area contributed by atoms with Gasteiger partial charge in [0.25, 0.3) is 11.8 Å². The van der Waals surface area contributed by atoms with Crippen molar-refractivity contribution in [2.45, 2.75) is 64.0 Å². The van der Waals surface area contributed by atoms with Gasteiger partial charge in [0, 0.05) is 25.6 Å². The van der Waals surface area contributed by atoms with Crippen LogP contribution < -0.4 is 0 Å². The zero-order chi connectivity index (χ0) is 17.9. The minimum atomic E-state index is -0.199. The Kier molecular flexibility index (Phi) is 5.01. The molecule has 4 rings (SSSR count). The smallest absolute Gasteiger partial charge is 0.276 e. The molecule has 1 fully saturated rings. The van der Waals surface area contributed by atoms with Crippen LogP contribution in [0.25, 0.3) is 0 Å². The highest BCUT2D eigenvalue weighted by atomic mass is 16.5. The van der Waals surface area contributed by atoms with Crippen LogP contribution in [0.1, 0.15) is 78.1 Å². The zero-order valence-electron chi connectivity index (χ0n) is 15.1. The molecule has 0 N–H and O–H groups in total. The summed E-state index contributed by atoms with van der Waals surface area (Å²) in [4.78, 5) is 19.6. The van der Waals surface area contributed by atoms with Gasteiger partial charge in [0.1, 0.15) is 12.4 Å². The van der Waals surface area contributed by atoms with Gasteiger partial charge in [0.2, 0.25) is 0 Å². The lowest BCUT2D eigenvalue weighted by molar-refractivity contribution is 0.0658. The van der Waals surface area contributed by atoms with E-state index in [2.05, 4.69) is 15.3 Å². The van der Waals surface area contributed by atoms with Crippen LogP contribution in [0.4, 0.5) is 0 Å². The van der Waals surface area contributed by atoms with E-state index in [9.17, 15) is 4.79 Å². The van der Waals surface area contributed by atoms with Crippen LogP contribution in [0.15, 0.2) is 9.05 Å². The molecule has 0 aromatic carbocycles. The Morgan fingerprint density at radius 3 is 2.92 bits per heavy atom. The topological polar surface area (TPSA) is 94.5 Å². The molecule has 2 aromatic rings.